The van der Waals surface area contributed by atoms with E-state index in [9.17, 15) is 0 Å². The summed E-state index contributed by atoms with van der Waals surface area (Å²) in [6.45, 7) is 7.65. The van der Waals surface area contributed by atoms with Crippen molar-refractivity contribution in [2.75, 3.05) is 12.4 Å². The summed E-state index contributed by atoms with van der Waals surface area (Å²) < 4.78 is 11.1. The highest BCUT2D eigenvalue weighted by atomic mass is 16.5. The molecule has 5 aromatic rings. The number of pyridine rings is 1. The average Bonchev–Trinajstić information content (AvgIpc) is 3.25. The van der Waals surface area contributed by atoms with Crippen LogP contribution in [0.25, 0.3) is 33.1 Å². The summed E-state index contributed by atoms with van der Waals surface area (Å²) in [4.78, 5) is 17.3. The number of fused-ring (bicyclic) bond motifs is 3. The van der Waals surface area contributed by atoms with Crippen LogP contribution < -0.4 is 10.1 Å². The lowest BCUT2D eigenvalue weighted by molar-refractivity contribution is 0.393. The van der Waals surface area contributed by atoms with Gasteiger partial charge in [-0.2, -0.15) is 0 Å². The Labute approximate surface area is 178 Å². The number of anilines is 2. The topological polar surface area (TPSA) is 102 Å². The molecule has 0 amide bonds. The van der Waals surface area contributed by atoms with Crippen molar-refractivity contribution in [2.24, 2.45) is 0 Å². The summed E-state index contributed by atoms with van der Waals surface area (Å²) in [5.41, 5.74) is 5.26. The Morgan fingerprint density at radius 1 is 1.03 bits per heavy atom. The second kappa shape index (κ2) is 7.09. The van der Waals surface area contributed by atoms with Crippen molar-refractivity contribution in [1.29, 1.82) is 0 Å². The maximum Gasteiger partial charge on any atom is 0.145 e. The molecule has 0 spiro atoms. The van der Waals surface area contributed by atoms with E-state index in [2.05, 4.69) is 30.4 Å². The first-order chi connectivity index (χ1) is 14.9. The Hall–Kier alpha value is -3.94. The molecular weight excluding hydrogens is 392 g/mol. The van der Waals surface area contributed by atoms with Gasteiger partial charge in [0.05, 0.1) is 23.8 Å². The zero-order chi connectivity index (χ0) is 21.7. The van der Waals surface area contributed by atoms with Gasteiger partial charge < -0.3 is 19.6 Å². The van der Waals surface area contributed by atoms with Gasteiger partial charge in [-0.05, 0) is 52.0 Å². The highest BCUT2D eigenvalue weighted by Gasteiger charge is 2.20. The number of rotatable bonds is 4. The van der Waals surface area contributed by atoms with Gasteiger partial charge in [0, 0.05) is 22.2 Å². The van der Waals surface area contributed by atoms with E-state index in [0.717, 1.165) is 61.8 Å². The lowest BCUT2D eigenvalue weighted by atomic mass is 10.0. The molecular formula is C23H22N6O2. The number of nitrogens with zero attached hydrogens (tertiary/aromatic N) is 4. The summed E-state index contributed by atoms with van der Waals surface area (Å²) in [7, 11) is 1.66. The van der Waals surface area contributed by atoms with Crippen LogP contribution >= 0.6 is 0 Å². The molecule has 0 aliphatic carbocycles. The molecule has 156 valence electrons. The van der Waals surface area contributed by atoms with Gasteiger partial charge in [0.2, 0.25) is 0 Å². The first-order valence-corrected chi connectivity index (χ1v) is 9.96. The lowest BCUT2D eigenvalue weighted by Crippen LogP contribution is -2.00. The van der Waals surface area contributed by atoms with Gasteiger partial charge in [0.25, 0.3) is 0 Å². The number of aryl methyl sites for hydroxylation is 4. The van der Waals surface area contributed by atoms with Gasteiger partial charge >= 0.3 is 0 Å². The molecule has 1 aromatic carbocycles. The molecule has 0 atom stereocenters. The number of hydrogen-bond acceptors (Lipinski definition) is 7. The van der Waals surface area contributed by atoms with Crippen molar-refractivity contribution in [3.05, 3.63) is 53.3 Å². The van der Waals surface area contributed by atoms with Crippen LogP contribution in [0.15, 0.2) is 34.9 Å². The zero-order valence-electron chi connectivity index (χ0n) is 18.0. The summed E-state index contributed by atoms with van der Waals surface area (Å²) in [6, 6.07) is 9.89. The van der Waals surface area contributed by atoms with Gasteiger partial charge in [0.1, 0.15) is 34.6 Å². The van der Waals surface area contributed by atoms with Crippen molar-refractivity contribution < 1.29 is 9.26 Å². The molecule has 4 heterocycles. The van der Waals surface area contributed by atoms with Crippen molar-refractivity contribution >= 4 is 33.6 Å². The minimum Gasteiger partial charge on any atom is -0.496 e. The highest BCUT2D eigenvalue weighted by molar-refractivity contribution is 6.13. The van der Waals surface area contributed by atoms with Gasteiger partial charge in [-0.3, -0.25) is 0 Å². The van der Waals surface area contributed by atoms with Crippen molar-refractivity contribution in [2.45, 2.75) is 27.7 Å². The molecule has 0 radical (unpaired) electrons. The minimum absolute atomic E-state index is 0.659. The Morgan fingerprint density at radius 3 is 2.58 bits per heavy atom. The first-order valence-electron chi connectivity index (χ1n) is 9.96. The average molecular weight is 414 g/mol. The first kappa shape index (κ1) is 19.0. The van der Waals surface area contributed by atoms with Gasteiger partial charge in [-0.1, -0.05) is 11.2 Å². The molecule has 0 fully saturated rings. The van der Waals surface area contributed by atoms with Crippen LogP contribution in [0.1, 0.15) is 23.0 Å². The largest absolute Gasteiger partial charge is 0.496 e. The fraction of sp³-hybridized carbons (Fsp3) is 0.217. The third-order valence-corrected chi connectivity index (χ3v) is 5.32. The van der Waals surface area contributed by atoms with Crippen molar-refractivity contribution in [1.82, 2.24) is 25.1 Å². The maximum absolute atomic E-state index is 5.75. The molecule has 5 rings (SSSR count). The number of nitrogens with one attached hydrogen (secondary N) is 2. The van der Waals surface area contributed by atoms with Crippen LogP contribution in [0.3, 0.4) is 0 Å². The molecule has 0 unspecified atom stereocenters. The molecule has 0 bridgehead atoms. The summed E-state index contributed by atoms with van der Waals surface area (Å²) >= 11 is 0. The van der Waals surface area contributed by atoms with Gasteiger partial charge in [-0.15, -0.1) is 0 Å². The van der Waals surface area contributed by atoms with E-state index in [0.29, 0.717) is 11.6 Å². The summed E-state index contributed by atoms with van der Waals surface area (Å²) in [5.74, 6) is 3.55. The van der Waals surface area contributed by atoms with Gasteiger partial charge in [-0.25, -0.2) is 15.0 Å². The predicted molar refractivity (Wildman–Crippen MR) is 120 cm³/mol. The predicted octanol–water partition coefficient (Wildman–Crippen LogP) is 5.15. The number of methoxy groups -OCH3 is 1. The standard InChI is InChI=1S/C23H22N6O2/c1-11-7-6-8-19(24-11)28-23-21-15-10-18(30-5)16(20-12(2)29-31-13(20)3)9-17(15)27-22(21)25-14(4)26-23/h6-10H,1-5H3,(H2,24,25,26,27,28). The zero-order valence-corrected chi connectivity index (χ0v) is 18.0. The van der Waals surface area contributed by atoms with E-state index in [1.807, 2.05) is 58.0 Å². The van der Waals surface area contributed by atoms with Crippen LogP contribution in [-0.2, 0) is 0 Å². The van der Waals surface area contributed by atoms with Crippen LogP contribution in [-0.4, -0.2) is 32.2 Å². The Balaban J connectivity index is 1.76. The third-order valence-electron chi connectivity index (χ3n) is 5.32. The van der Waals surface area contributed by atoms with E-state index >= 15 is 0 Å². The monoisotopic (exact) mass is 414 g/mol. The maximum atomic E-state index is 5.75. The number of aromatic nitrogens is 5. The van der Waals surface area contributed by atoms with E-state index in [4.69, 9.17) is 9.26 Å². The molecule has 4 aromatic heterocycles. The van der Waals surface area contributed by atoms with E-state index in [1.54, 1.807) is 7.11 Å². The molecule has 2 N–H and O–H groups in total. The lowest BCUT2D eigenvalue weighted by Gasteiger charge is -2.10. The fourth-order valence-corrected chi connectivity index (χ4v) is 3.99. The van der Waals surface area contributed by atoms with Crippen LogP contribution in [0.5, 0.6) is 5.75 Å². The second-order valence-electron chi connectivity index (χ2n) is 7.55. The smallest absolute Gasteiger partial charge is 0.145 e. The number of aromatic amines is 1. The second-order valence-corrected chi connectivity index (χ2v) is 7.55. The van der Waals surface area contributed by atoms with E-state index in [1.165, 1.54) is 0 Å². The number of benzene rings is 1. The quantitative estimate of drug-likeness (QED) is 0.419. The van der Waals surface area contributed by atoms with Gasteiger partial charge in [0.15, 0.2) is 0 Å². The number of ether oxygens (including phenoxy) is 1. The minimum atomic E-state index is 0.659. The van der Waals surface area contributed by atoms with Crippen LogP contribution in [0.2, 0.25) is 0 Å². The molecule has 0 aliphatic heterocycles. The molecule has 0 saturated carbocycles. The SMILES string of the molecule is COc1cc2c(cc1-c1c(C)noc1C)[nH]c1nc(C)nc(Nc3cccc(C)n3)c12. The Morgan fingerprint density at radius 2 is 1.87 bits per heavy atom. The van der Waals surface area contributed by atoms with Crippen LogP contribution in [0, 0.1) is 27.7 Å². The van der Waals surface area contributed by atoms with E-state index < -0.39 is 0 Å². The van der Waals surface area contributed by atoms with Crippen molar-refractivity contribution in [3.8, 4) is 16.9 Å². The van der Waals surface area contributed by atoms with Crippen LogP contribution in [0.4, 0.5) is 11.6 Å². The molecule has 31 heavy (non-hydrogen) atoms. The van der Waals surface area contributed by atoms with E-state index in [-0.39, 0.29) is 0 Å². The highest BCUT2D eigenvalue weighted by Crippen LogP contribution is 2.40. The number of H-pyrrole nitrogens is 1. The number of hydrogen-bond donors (Lipinski definition) is 2. The Kier molecular flexibility index (Phi) is 4.35. The molecule has 8 heteroatoms. The third kappa shape index (κ3) is 3.16. The normalized spacial score (nSPS) is 11.4. The molecule has 8 nitrogen and oxygen atoms in total. The summed E-state index contributed by atoms with van der Waals surface area (Å²) in [6.07, 6.45) is 0. The molecule has 0 aliphatic rings. The summed E-state index contributed by atoms with van der Waals surface area (Å²) in [5, 5.41) is 9.29. The Bertz CT molecular complexity index is 1430. The molecule has 0 saturated heterocycles. The fourth-order valence-electron chi connectivity index (χ4n) is 3.99. The van der Waals surface area contributed by atoms with Crippen molar-refractivity contribution in [3.63, 3.8) is 0 Å².